The number of fused-ring (bicyclic) bond motifs is 2. The van der Waals surface area contributed by atoms with Crippen molar-refractivity contribution in [2.45, 2.75) is 0 Å². The molecule has 0 fully saturated rings. The third-order valence-electron chi connectivity index (χ3n) is 8.32. The normalized spacial score (nSPS) is 11.2. The maximum absolute atomic E-state index is 4.54. The molecular formula is C41H27N3. The van der Waals surface area contributed by atoms with Crippen molar-refractivity contribution in [3.8, 4) is 55.8 Å². The minimum Gasteiger partial charge on any atom is -0.265 e. The number of hydrogen-bond donors (Lipinski definition) is 0. The van der Waals surface area contributed by atoms with Gasteiger partial charge in [0.1, 0.15) is 0 Å². The highest BCUT2D eigenvalue weighted by atomic mass is 14.7. The van der Waals surface area contributed by atoms with Gasteiger partial charge in [-0.05, 0) is 85.3 Å². The predicted octanol–water partition coefficient (Wildman–Crippen LogP) is 10.5. The molecule has 8 rings (SSSR count). The molecule has 206 valence electrons. The molecule has 0 aliphatic carbocycles. The van der Waals surface area contributed by atoms with Crippen molar-refractivity contribution in [2.75, 3.05) is 0 Å². The van der Waals surface area contributed by atoms with Crippen molar-refractivity contribution in [2.24, 2.45) is 0 Å². The van der Waals surface area contributed by atoms with Crippen LogP contribution in [0.1, 0.15) is 0 Å². The summed E-state index contributed by atoms with van der Waals surface area (Å²) in [5.41, 5.74) is 11.4. The topological polar surface area (TPSA) is 38.7 Å². The maximum Gasteiger partial charge on any atom is 0.0701 e. The molecule has 0 saturated carbocycles. The Morgan fingerprint density at radius 1 is 0.318 bits per heavy atom. The van der Waals surface area contributed by atoms with Gasteiger partial charge in [-0.2, -0.15) is 0 Å². The molecule has 5 aromatic carbocycles. The molecule has 0 atom stereocenters. The third-order valence-corrected chi connectivity index (χ3v) is 8.32. The van der Waals surface area contributed by atoms with E-state index in [9.17, 15) is 0 Å². The zero-order valence-corrected chi connectivity index (χ0v) is 23.9. The van der Waals surface area contributed by atoms with Gasteiger partial charge in [0.2, 0.25) is 0 Å². The second-order valence-corrected chi connectivity index (χ2v) is 10.9. The van der Waals surface area contributed by atoms with E-state index in [-0.39, 0.29) is 0 Å². The summed E-state index contributed by atoms with van der Waals surface area (Å²) >= 11 is 0. The first-order valence-electron chi connectivity index (χ1n) is 14.7. The highest BCUT2D eigenvalue weighted by molar-refractivity contribution is 6.21. The summed E-state index contributed by atoms with van der Waals surface area (Å²) in [6, 6.07) is 47.5. The highest BCUT2D eigenvalue weighted by Crippen LogP contribution is 2.44. The van der Waals surface area contributed by atoms with E-state index in [0.717, 1.165) is 33.5 Å². The summed E-state index contributed by atoms with van der Waals surface area (Å²) in [5, 5.41) is 4.96. The fourth-order valence-corrected chi connectivity index (χ4v) is 6.22. The van der Waals surface area contributed by atoms with Crippen molar-refractivity contribution >= 4 is 21.5 Å². The molecule has 0 radical (unpaired) electrons. The van der Waals surface area contributed by atoms with Crippen molar-refractivity contribution in [3.63, 3.8) is 0 Å². The molecular weight excluding hydrogens is 534 g/mol. The van der Waals surface area contributed by atoms with Gasteiger partial charge in [0, 0.05) is 47.7 Å². The Morgan fingerprint density at radius 2 is 0.773 bits per heavy atom. The van der Waals surface area contributed by atoms with E-state index in [1.165, 1.54) is 43.8 Å². The van der Waals surface area contributed by atoms with Crippen LogP contribution in [0.25, 0.3) is 77.3 Å². The summed E-state index contributed by atoms with van der Waals surface area (Å²) in [7, 11) is 0. The Morgan fingerprint density at radius 3 is 1.27 bits per heavy atom. The van der Waals surface area contributed by atoms with E-state index < -0.39 is 0 Å². The Balaban J connectivity index is 1.25. The van der Waals surface area contributed by atoms with Gasteiger partial charge in [0.25, 0.3) is 0 Å². The molecule has 44 heavy (non-hydrogen) atoms. The number of nitrogens with zero attached hydrogens (tertiary/aromatic N) is 3. The number of benzene rings is 5. The number of pyridine rings is 3. The van der Waals surface area contributed by atoms with E-state index in [1.54, 1.807) is 0 Å². The summed E-state index contributed by atoms with van der Waals surface area (Å²) < 4.78 is 0. The SMILES string of the molecule is c1ccc(-c2ccc(-c3c4ccccc4c(-c4ccc(-c5cncc(-c6ccncc6)c5)cc4)c4ccccc34)cc2)nc1. The number of hydrogen-bond acceptors (Lipinski definition) is 3. The summed E-state index contributed by atoms with van der Waals surface area (Å²) in [4.78, 5) is 13.2. The Kier molecular flexibility index (Phi) is 6.47. The molecule has 8 aromatic rings. The first-order chi connectivity index (χ1) is 21.8. The van der Waals surface area contributed by atoms with Crippen molar-refractivity contribution in [3.05, 3.63) is 164 Å². The second-order valence-electron chi connectivity index (χ2n) is 10.9. The molecule has 0 saturated heterocycles. The summed E-state index contributed by atoms with van der Waals surface area (Å²) in [6.45, 7) is 0. The van der Waals surface area contributed by atoms with Gasteiger partial charge >= 0.3 is 0 Å². The average Bonchev–Trinajstić information content (AvgIpc) is 3.11. The lowest BCUT2D eigenvalue weighted by atomic mass is 9.85. The van der Waals surface area contributed by atoms with Crippen LogP contribution in [-0.2, 0) is 0 Å². The van der Waals surface area contributed by atoms with Crippen LogP contribution in [0.5, 0.6) is 0 Å². The summed E-state index contributed by atoms with van der Waals surface area (Å²) in [5.74, 6) is 0. The van der Waals surface area contributed by atoms with Crippen LogP contribution in [0, 0.1) is 0 Å². The van der Waals surface area contributed by atoms with Crippen LogP contribution in [0.15, 0.2) is 164 Å². The van der Waals surface area contributed by atoms with Gasteiger partial charge in [-0.1, -0.05) is 103 Å². The lowest BCUT2D eigenvalue weighted by Gasteiger charge is -2.18. The van der Waals surface area contributed by atoms with Crippen molar-refractivity contribution < 1.29 is 0 Å². The monoisotopic (exact) mass is 561 g/mol. The minimum absolute atomic E-state index is 0.979. The van der Waals surface area contributed by atoms with Crippen molar-refractivity contribution in [1.29, 1.82) is 0 Å². The fourth-order valence-electron chi connectivity index (χ4n) is 6.22. The van der Waals surface area contributed by atoms with Gasteiger partial charge in [0.05, 0.1) is 5.69 Å². The standard InChI is InChI=1S/C41H27N3/c1-3-9-37-35(7-1)40(31-16-12-28(13-17-31)33-25-34(27-43-26-33)29-20-23-42-24-21-29)36-8-2-4-10-38(36)41(37)32-18-14-30(15-19-32)39-11-5-6-22-44-39/h1-27H. The van der Waals surface area contributed by atoms with E-state index in [0.29, 0.717) is 0 Å². The van der Waals surface area contributed by atoms with Gasteiger partial charge in [0.15, 0.2) is 0 Å². The van der Waals surface area contributed by atoms with Crippen molar-refractivity contribution in [1.82, 2.24) is 15.0 Å². The largest absolute Gasteiger partial charge is 0.265 e. The molecule has 0 spiro atoms. The molecule has 3 heteroatoms. The van der Waals surface area contributed by atoms with E-state index in [4.69, 9.17) is 0 Å². The van der Waals surface area contributed by atoms with Gasteiger partial charge in [-0.15, -0.1) is 0 Å². The third kappa shape index (κ3) is 4.61. The lowest BCUT2D eigenvalue weighted by molar-refractivity contribution is 1.30. The van der Waals surface area contributed by atoms with Gasteiger partial charge < -0.3 is 0 Å². The molecule has 3 heterocycles. The molecule has 0 N–H and O–H groups in total. The molecule has 3 nitrogen and oxygen atoms in total. The molecule has 0 amide bonds. The van der Waals surface area contributed by atoms with E-state index in [2.05, 4.69) is 118 Å². The fraction of sp³-hybridized carbons (Fsp3) is 0. The number of rotatable bonds is 5. The zero-order valence-electron chi connectivity index (χ0n) is 23.9. The molecule has 0 unspecified atom stereocenters. The molecule has 0 aliphatic rings. The summed E-state index contributed by atoms with van der Waals surface area (Å²) in [6.07, 6.45) is 9.30. The van der Waals surface area contributed by atoms with E-state index >= 15 is 0 Å². The van der Waals surface area contributed by atoms with Gasteiger partial charge in [-0.25, -0.2) is 0 Å². The molecule has 0 bridgehead atoms. The average molecular weight is 562 g/mol. The van der Waals surface area contributed by atoms with Crippen LogP contribution in [-0.4, -0.2) is 15.0 Å². The molecule has 3 aromatic heterocycles. The van der Waals surface area contributed by atoms with Crippen LogP contribution in [0.4, 0.5) is 0 Å². The van der Waals surface area contributed by atoms with E-state index in [1.807, 2.05) is 61.3 Å². The highest BCUT2D eigenvalue weighted by Gasteiger charge is 2.16. The predicted molar refractivity (Wildman–Crippen MR) is 182 cm³/mol. The Hall–Kier alpha value is -5.93. The lowest BCUT2D eigenvalue weighted by Crippen LogP contribution is -1.91. The zero-order chi connectivity index (χ0) is 29.3. The Labute approximate surface area is 256 Å². The smallest absolute Gasteiger partial charge is 0.0701 e. The van der Waals surface area contributed by atoms with Crippen LogP contribution >= 0.6 is 0 Å². The minimum atomic E-state index is 0.979. The maximum atomic E-state index is 4.54. The van der Waals surface area contributed by atoms with Crippen LogP contribution < -0.4 is 0 Å². The quantitative estimate of drug-likeness (QED) is 0.196. The first kappa shape index (κ1) is 25.8. The first-order valence-corrected chi connectivity index (χ1v) is 14.7. The van der Waals surface area contributed by atoms with Gasteiger partial charge in [-0.3, -0.25) is 15.0 Å². The second kappa shape index (κ2) is 11.0. The Bertz CT molecular complexity index is 2180. The van der Waals surface area contributed by atoms with Crippen LogP contribution in [0.3, 0.4) is 0 Å². The van der Waals surface area contributed by atoms with Crippen LogP contribution in [0.2, 0.25) is 0 Å². The molecule has 0 aliphatic heterocycles. The number of aromatic nitrogens is 3.